The summed E-state index contributed by atoms with van der Waals surface area (Å²) in [5, 5.41) is 60.3. The molecule has 1 aromatic carbocycles. The SMILES string of the molecule is Nc1nc2c(c(=O)[nH]1)NC(CNc1ccc(C(=O)NC(CCC(=O)NC(CCC(=O)NC(CCC(=O)[O-])C(=O)[O-])C(=O)[O-])C(=O)[O-])cc1)CN2. The lowest BCUT2D eigenvalue weighted by Gasteiger charge is -2.27. The van der Waals surface area contributed by atoms with E-state index >= 15 is 0 Å². The molecule has 9 N–H and O–H groups in total. The summed E-state index contributed by atoms with van der Waals surface area (Å²) < 4.78 is 0. The van der Waals surface area contributed by atoms with Crippen LogP contribution in [0.3, 0.4) is 0 Å². The van der Waals surface area contributed by atoms with Gasteiger partial charge in [-0.25, -0.2) is 0 Å². The summed E-state index contributed by atoms with van der Waals surface area (Å²) in [7, 11) is 0. The summed E-state index contributed by atoms with van der Waals surface area (Å²) in [4.78, 5) is 101. The Morgan fingerprint density at radius 2 is 1.32 bits per heavy atom. The Morgan fingerprint density at radius 3 is 1.84 bits per heavy atom. The quantitative estimate of drug-likeness (QED) is 0.0675. The Balaban J connectivity index is 1.46. The van der Waals surface area contributed by atoms with Gasteiger partial charge in [-0.2, -0.15) is 4.98 Å². The topological polar surface area (TPSA) is 356 Å². The molecule has 2 aromatic rings. The van der Waals surface area contributed by atoms with Crippen molar-refractivity contribution >= 4 is 64.7 Å². The lowest BCUT2D eigenvalue weighted by molar-refractivity contribution is -0.311. The lowest BCUT2D eigenvalue weighted by atomic mass is 10.1. The van der Waals surface area contributed by atoms with Crippen molar-refractivity contribution in [1.82, 2.24) is 25.9 Å². The number of hydrogen-bond acceptors (Lipinski definition) is 17. The second kappa shape index (κ2) is 17.7. The van der Waals surface area contributed by atoms with Gasteiger partial charge in [-0.1, -0.05) is 0 Å². The fourth-order valence-corrected chi connectivity index (χ4v) is 4.67. The predicted octanol–water partition coefficient (Wildman–Crippen LogP) is -6.92. The third-order valence-corrected chi connectivity index (χ3v) is 7.29. The largest absolute Gasteiger partial charge is 0.550 e. The highest BCUT2D eigenvalue weighted by Crippen LogP contribution is 2.20. The molecule has 21 nitrogen and oxygen atoms in total. The number of anilines is 4. The van der Waals surface area contributed by atoms with Crippen molar-refractivity contribution < 1.29 is 54.0 Å². The van der Waals surface area contributed by atoms with Crippen LogP contribution < -0.4 is 63.6 Å². The minimum Gasteiger partial charge on any atom is -0.550 e. The summed E-state index contributed by atoms with van der Waals surface area (Å²) in [6.45, 7) is 0.783. The van der Waals surface area contributed by atoms with Crippen LogP contribution in [-0.2, 0) is 28.8 Å². The first-order valence-electron chi connectivity index (χ1n) is 15.1. The number of aliphatic carboxylic acids is 4. The van der Waals surface area contributed by atoms with Gasteiger partial charge in [-0.3, -0.25) is 24.2 Å². The van der Waals surface area contributed by atoms with Crippen LogP contribution in [-0.4, -0.2) is 88.8 Å². The molecule has 0 aliphatic carbocycles. The molecule has 50 heavy (non-hydrogen) atoms. The van der Waals surface area contributed by atoms with E-state index in [1.807, 2.05) is 5.32 Å². The number of aromatic amines is 1. The molecule has 0 spiro atoms. The molecule has 2 heterocycles. The summed E-state index contributed by atoms with van der Waals surface area (Å²) in [5.41, 5.74) is 6.02. The van der Waals surface area contributed by atoms with Gasteiger partial charge in [0.1, 0.15) is 5.69 Å². The van der Waals surface area contributed by atoms with E-state index in [2.05, 4.69) is 36.6 Å². The second-order valence-electron chi connectivity index (χ2n) is 11.1. The Labute approximate surface area is 282 Å². The average Bonchev–Trinajstić information content (AvgIpc) is 3.05. The molecule has 3 amide bonds. The van der Waals surface area contributed by atoms with E-state index in [1.54, 1.807) is 12.1 Å². The molecular weight excluding hydrogens is 666 g/mol. The van der Waals surface area contributed by atoms with Gasteiger partial charge < -0.3 is 77.2 Å². The third kappa shape index (κ3) is 11.7. The smallest absolute Gasteiger partial charge is 0.277 e. The molecule has 4 unspecified atom stereocenters. The zero-order chi connectivity index (χ0) is 37.0. The number of benzene rings is 1. The highest BCUT2D eigenvalue weighted by atomic mass is 16.4. The number of hydrogen-bond donors (Lipinski definition) is 8. The van der Waals surface area contributed by atoms with Gasteiger partial charge in [0.25, 0.3) is 11.5 Å². The van der Waals surface area contributed by atoms with Crippen molar-refractivity contribution in [1.29, 1.82) is 0 Å². The van der Waals surface area contributed by atoms with Crippen molar-refractivity contribution in [2.45, 2.75) is 62.7 Å². The molecule has 0 saturated carbocycles. The Bertz CT molecular complexity index is 1660. The zero-order valence-electron chi connectivity index (χ0n) is 26.2. The van der Waals surface area contributed by atoms with Crippen LogP contribution in [0.2, 0.25) is 0 Å². The Morgan fingerprint density at radius 1 is 0.800 bits per heavy atom. The Kier molecular flexibility index (Phi) is 13.4. The fraction of sp³-hybridized carbons (Fsp3) is 0.414. The van der Waals surface area contributed by atoms with Crippen LogP contribution in [0.4, 0.5) is 23.1 Å². The minimum atomic E-state index is -1.79. The van der Waals surface area contributed by atoms with Crippen molar-refractivity contribution in [3.8, 4) is 0 Å². The first-order valence-corrected chi connectivity index (χ1v) is 15.1. The molecule has 0 bridgehead atoms. The lowest BCUT2D eigenvalue weighted by Crippen LogP contribution is -2.51. The second-order valence-corrected chi connectivity index (χ2v) is 11.1. The maximum Gasteiger partial charge on any atom is 0.277 e. The molecule has 4 atom stereocenters. The molecule has 21 heteroatoms. The van der Waals surface area contributed by atoms with E-state index < -0.39 is 104 Å². The number of carboxylic acid groups (broad SMARTS) is 4. The summed E-state index contributed by atoms with van der Waals surface area (Å²) >= 11 is 0. The van der Waals surface area contributed by atoms with Gasteiger partial charge in [0, 0.05) is 43.2 Å². The summed E-state index contributed by atoms with van der Waals surface area (Å²) in [6, 6.07) is 0.651. The number of amides is 3. The van der Waals surface area contributed by atoms with Gasteiger partial charge in [-0.05, 0) is 49.9 Å². The predicted molar refractivity (Wildman–Crippen MR) is 163 cm³/mol. The van der Waals surface area contributed by atoms with Crippen LogP contribution >= 0.6 is 0 Å². The minimum absolute atomic E-state index is 0.0232. The molecule has 0 fully saturated rings. The van der Waals surface area contributed by atoms with Crippen molar-refractivity contribution in [3.05, 3.63) is 40.2 Å². The first kappa shape index (κ1) is 38.0. The van der Waals surface area contributed by atoms with Crippen LogP contribution in [0.1, 0.15) is 48.9 Å². The Hall–Kier alpha value is -6.41. The van der Waals surface area contributed by atoms with Gasteiger partial charge in [0.05, 0.1) is 42.1 Å². The number of nitrogen functional groups attached to an aromatic ring is 1. The number of carboxylic acids is 4. The number of carbonyl (C=O) groups excluding carboxylic acids is 7. The molecule has 1 aromatic heterocycles. The summed E-state index contributed by atoms with van der Waals surface area (Å²) in [6.07, 6.45) is -3.48. The zero-order valence-corrected chi connectivity index (χ0v) is 26.2. The van der Waals surface area contributed by atoms with Crippen LogP contribution in [0, 0.1) is 0 Å². The number of nitrogens with one attached hydrogen (secondary N) is 7. The number of carbonyl (C=O) groups is 7. The highest BCUT2D eigenvalue weighted by Gasteiger charge is 2.23. The van der Waals surface area contributed by atoms with Gasteiger partial charge in [-0.15, -0.1) is 0 Å². The first-order chi connectivity index (χ1) is 23.6. The van der Waals surface area contributed by atoms with E-state index in [1.165, 1.54) is 12.1 Å². The van der Waals surface area contributed by atoms with E-state index in [0.717, 1.165) is 0 Å². The molecule has 0 saturated heterocycles. The van der Waals surface area contributed by atoms with Crippen LogP contribution in [0.25, 0.3) is 0 Å². The number of aromatic nitrogens is 2. The van der Waals surface area contributed by atoms with Gasteiger partial charge in [0.2, 0.25) is 17.8 Å². The van der Waals surface area contributed by atoms with E-state index in [4.69, 9.17) is 5.73 Å². The van der Waals surface area contributed by atoms with Crippen LogP contribution in [0.5, 0.6) is 0 Å². The van der Waals surface area contributed by atoms with Gasteiger partial charge >= 0.3 is 0 Å². The van der Waals surface area contributed by atoms with Crippen LogP contribution in [0.15, 0.2) is 29.1 Å². The maximum absolute atomic E-state index is 12.7. The van der Waals surface area contributed by atoms with Crippen molar-refractivity contribution in [2.24, 2.45) is 0 Å². The number of fused-ring (bicyclic) bond motifs is 1. The fourth-order valence-electron chi connectivity index (χ4n) is 4.67. The summed E-state index contributed by atoms with van der Waals surface area (Å²) in [5.74, 6) is -9.29. The normalized spacial score (nSPS) is 15.0. The maximum atomic E-state index is 12.7. The number of rotatable bonds is 19. The number of H-pyrrole nitrogens is 1. The third-order valence-electron chi connectivity index (χ3n) is 7.29. The molecular formula is C29H33N9O12-4. The molecule has 3 rings (SSSR count). The molecule has 270 valence electrons. The average molecular weight is 700 g/mol. The highest BCUT2D eigenvalue weighted by molar-refractivity contribution is 5.97. The monoisotopic (exact) mass is 699 g/mol. The van der Waals surface area contributed by atoms with Crippen molar-refractivity contribution in [2.75, 3.05) is 34.8 Å². The van der Waals surface area contributed by atoms with Gasteiger partial charge in [0.15, 0.2) is 5.82 Å². The number of nitrogens with two attached hydrogens (primary N) is 1. The number of nitrogens with zero attached hydrogens (tertiary/aromatic N) is 1. The van der Waals surface area contributed by atoms with E-state index in [-0.39, 0.29) is 23.2 Å². The molecule has 1 aliphatic rings. The standard InChI is InChI=1S/C29H37N9O12/c30-29-37-23-22(25(44)38-29)33-15(12-32-23)11-31-14-3-1-13(2-4-14)24(43)36-18(28(49)50)6-9-20(40)34-16(26(45)46)5-8-19(39)35-17(27(47)48)7-10-21(41)42/h1-4,15-18,31,33H,5-12H2,(H,34,40)(H,35,39)(H,36,43)(H,41,42)(H,45,46)(H,47,48)(H,49,50)(H4,30,32,37,38,44)/p-4. The molecule has 1 aliphatic heterocycles. The molecule has 0 radical (unpaired) electrons. The van der Waals surface area contributed by atoms with Crippen molar-refractivity contribution in [3.63, 3.8) is 0 Å². The van der Waals surface area contributed by atoms with E-state index in [0.29, 0.717) is 24.6 Å². The van der Waals surface area contributed by atoms with E-state index in [9.17, 15) is 58.8 Å².